The van der Waals surface area contributed by atoms with Gasteiger partial charge >= 0.3 is 0 Å². The van der Waals surface area contributed by atoms with Crippen molar-refractivity contribution in [1.82, 2.24) is 0 Å². The maximum Gasteiger partial charge on any atom is 0.244 e. The second kappa shape index (κ2) is 3.99. The van der Waals surface area contributed by atoms with E-state index in [2.05, 4.69) is 6.58 Å². The van der Waals surface area contributed by atoms with Gasteiger partial charge in [-0.05, 0) is 12.1 Å². The normalized spacial score (nSPS) is 10.6. The van der Waals surface area contributed by atoms with Crippen LogP contribution in [-0.2, 0) is 4.74 Å². The molecule has 1 aromatic carbocycles. The Bertz CT molecular complexity index is 265. The van der Waals surface area contributed by atoms with E-state index in [4.69, 9.17) is 9.47 Å². The van der Waals surface area contributed by atoms with E-state index >= 15 is 0 Å². The van der Waals surface area contributed by atoms with Gasteiger partial charge < -0.3 is 9.47 Å². The Kier molecular flexibility index (Phi) is 2.96. The van der Waals surface area contributed by atoms with E-state index in [1.165, 1.54) is 6.26 Å². The van der Waals surface area contributed by atoms with Crippen LogP contribution in [0.1, 0.15) is 13.8 Å². The molecule has 0 amide bonds. The highest BCUT2D eigenvalue weighted by molar-refractivity contribution is 5.21. The lowest BCUT2D eigenvalue weighted by atomic mass is 10.3. The lowest BCUT2D eigenvalue weighted by Crippen LogP contribution is -2.29. The van der Waals surface area contributed by atoms with Crippen molar-refractivity contribution >= 4 is 0 Å². The Labute approximate surface area is 78.8 Å². The van der Waals surface area contributed by atoms with Crippen LogP contribution in [-0.4, -0.2) is 5.79 Å². The molecule has 0 fully saturated rings. The van der Waals surface area contributed by atoms with Crippen LogP contribution in [0.2, 0.25) is 0 Å². The highest BCUT2D eigenvalue weighted by Crippen LogP contribution is 2.18. The summed E-state index contributed by atoms with van der Waals surface area (Å²) in [5, 5.41) is 0. The summed E-state index contributed by atoms with van der Waals surface area (Å²) in [6.07, 6.45) is 1.38. The molecule has 0 saturated heterocycles. The molecule has 0 aromatic heterocycles. The second-order valence-corrected chi connectivity index (χ2v) is 3.10. The Morgan fingerprint density at radius 2 is 1.85 bits per heavy atom. The predicted octanol–water partition coefficient (Wildman–Crippen LogP) is 2.96. The van der Waals surface area contributed by atoms with Crippen LogP contribution in [0.15, 0.2) is 43.2 Å². The summed E-state index contributed by atoms with van der Waals surface area (Å²) in [6, 6.07) is 9.54. The molecule has 0 aliphatic heterocycles. The van der Waals surface area contributed by atoms with Gasteiger partial charge in [0.1, 0.15) is 5.75 Å². The predicted molar refractivity (Wildman–Crippen MR) is 52.4 cm³/mol. The minimum atomic E-state index is -0.664. The number of ether oxygens (including phenoxy) is 2. The first kappa shape index (κ1) is 9.65. The van der Waals surface area contributed by atoms with Crippen molar-refractivity contribution in [1.29, 1.82) is 0 Å². The average molecular weight is 178 g/mol. The van der Waals surface area contributed by atoms with Crippen LogP contribution in [0.25, 0.3) is 0 Å². The van der Waals surface area contributed by atoms with Gasteiger partial charge in [0.2, 0.25) is 5.79 Å². The van der Waals surface area contributed by atoms with Gasteiger partial charge in [0.05, 0.1) is 6.26 Å². The van der Waals surface area contributed by atoms with Gasteiger partial charge in [-0.15, -0.1) is 0 Å². The number of benzene rings is 1. The third-order valence-electron chi connectivity index (χ3n) is 1.47. The SMILES string of the molecule is C=COC(C)(C)Oc1ccccc1. The maximum absolute atomic E-state index is 5.55. The van der Waals surface area contributed by atoms with E-state index in [-0.39, 0.29) is 0 Å². The summed E-state index contributed by atoms with van der Waals surface area (Å²) < 4.78 is 10.7. The Hall–Kier alpha value is -1.44. The van der Waals surface area contributed by atoms with Gasteiger partial charge in [-0.2, -0.15) is 0 Å². The summed E-state index contributed by atoms with van der Waals surface area (Å²) in [5.74, 6) is 0.123. The van der Waals surface area contributed by atoms with E-state index in [0.717, 1.165) is 5.75 Å². The van der Waals surface area contributed by atoms with Crippen molar-refractivity contribution in [3.63, 3.8) is 0 Å². The van der Waals surface area contributed by atoms with E-state index in [1.54, 1.807) is 0 Å². The highest BCUT2D eigenvalue weighted by Gasteiger charge is 2.18. The minimum Gasteiger partial charge on any atom is -0.461 e. The molecule has 0 atom stereocenters. The van der Waals surface area contributed by atoms with E-state index in [0.29, 0.717) is 0 Å². The average Bonchev–Trinajstić information content (AvgIpc) is 2.04. The van der Waals surface area contributed by atoms with Crippen LogP contribution < -0.4 is 4.74 Å². The van der Waals surface area contributed by atoms with Crippen molar-refractivity contribution in [2.45, 2.75) is 19.6 Å². The number of hydrogen-bond acceptors (Lipinski definition) is 2. The fraction of sp³-hybridized carbons (Fsp3) is 0.273. The highest BCUT2D eigenvalue weighted by atomic mass is 16.7. The van der Waals surface area contributed by atoms with E-state index < -0.39 is 5.79 Å². The van der Waals surface area contributed by atoms with Crippen LogP contribution in [0, 0.1) is 0 Å². The van der Waals surface area contributed by atoms with Crippen LogP contribution >= 0.6 is 0 Å². The molecule has 0 unspecified atom stereocenters. The van der Waals surface area contributed by atoms with Gasteiger partial charge in [-0.1, -0.05) is 24.8 Å². The van der Waals surface area contributed by atoms with Gasteiger partial charge in [-0.25, -0.2) is 0 Å². The maximum atomic E-state index is 5.55. The molecule has 1 aromatic rings. The molecule has 0 saturated carbocycles. The summed E-state index contributed by atoms with van der Waals surface area (Å²) >= 11 is 0. The second-order valence-electron chi connectivity index (χ2n) is 3.10. The van der Waals surface area contributed by atoms with E-state index in [1.807, 2.05) is 44.2 Å². The Balaban J connectivity index is 2.63. The van der Waals surface area contributed by atoms with Crippen molar-refractivity contribution in [2.24, 2.45) is 0 Å². The van der Waals surface area contributed by atoms with Crippen LogP contribution in [0.4, 0.5) is 0 Å². The molecule has 0 spiro atoms. The lowest BCUT2D eigenvalue weighted by Gasteiger charge is -2.25. The lowest BCUT2D eigenvalue weighted by molar-refractivity contribution is -0.113. The molecule has 2 nitrogen and oxygen atoms in total. The van der Waals surface area contributed by atoms with Gasteiger partial charge in [-0.3, -0.25) is 0 Å². The third-order valence-corrected chi connectivity index (χ3v) is 1.47. The monoisotopic (exact) mass is 178 g/mol. The smallest absolute Gasteiger partial charge is 0.244 e. The quantitative estimate of drug-likeness (QED) is 0.521. The van der Waals surface area contributed by atoms with Crippen molar-refractivity contribution < 1.29 is 9.47 Å². The first-order valence-electron chi connectivity index (χ1n) is 4.17. The number of para-hydroxylation sites is 1. The molecule has 0 heterocycles. The van der Waals surface area contributed by atoms with E-state index in [9.17, 15) is 0 Å². The Morgan fingerprint density at radius 1 is 1.23 bits per heavy atom. The zero-order chi connectivity index (χ0) is 9.73. The summed E-state index contributed by atoms with van der Waals surface area (Å²) in [6.45, 7) is 7.16. The molecule has 0 radical (unpaired) electrons. The molecule has 13 heavy (non-hydrogen) atoms. The molecule has 0 bridgehead atoms. The fourth-order valence-electron chi connectivity index (χ4n) is 0.997. The van der Waals surface area contributed by atoms with Gasteiger partial charge in [0, 0.05) is 13.8 Å². The molecular formula is C11H14O2. The third kappa shape index (κ3) is 3.20. The molecule has 0 aliphatic rings. The number of hydrogen-bond donors (Lipinski definition) is 0. The largest absolute Gasteiger partial charge is 0.461 e. The number of rotatable bonds is 4. The first-order chi connectivity index (χ1) is 6.14. The van der Waals surface area contributed by atoms with Crippen LogP contribution in [0.5, 0.6) is 5.75 Å². The molecule has 2 heteroatoms. The minimum absolute atomic E-state index is 0.664. The zero-order valence-corrected chi connectivity index (χ0v) is 7.99. The summed E-state index contributed by atoms with van der Waals surface area (Å²) in [4.78, 5) is 0. The van der Waals surface area contributed by atoms with Crippen molar-refractivity contribution in [3.8, 4) is 5.75 Å². The first-order valence-corrected chi connectivity index (χ1v) is 4.17. The zero-order valence-electron chi connectivity index (χ0n) is 7.99. The molecule has 1 rings (SSSR count). The van der Waals surface area contributed by atoms with Crippen LogP contribution in [0.3, 0.4) is 0 Å². The fourth-order valence-corrected chi connectivity index (χ4v) is 0.997. The summed E-state index contributed by atoms with van der Waals surface area (Å²) in [5.41, 5.74) is 0. The topological polar surface area (TPSA) is 18.5 Å². The summed E-state index contributed by atoms with van der Waals surface area (Å²) in [7, 11) is 0. The Morgan fingerprint density at radius 3 is 2.38 bits per heavy atom. The van der Waals surface area contributed by atoms with Crippen molar-refractivity contribution in [3.05, 3.63) is 43.2 Å². The van der Waals surface area contributed by atoms with Gasteiger partial charge in [0.25, 0.3) is 0 Å². The molecule has 70 valence electrons. The standard InChI is InChI=1S/C11H14O2/c1-4-12-11(2,3)13-10-8-6-5-7-9-10/h4-9H,1H2,2-3H3. The molecule has 0 aliphatic carbocycles. The van der Waals surface area contributed by atoms with Crippen molar-refractivity contribution in [2.75, 3.05) is 0 Å². The molecular weight excluding hydrogens is 164 g/mol. The molecule has 0 N–H and O–H groups in total. The van der Waals surface area contributed by atoms with Gasteiger partial charge in [0.15, 0.2) is 0 Å².